The summed E-state index contributed by atoms with van der Waals surface area (Å²) < 4.78 is 0. The molecule has 0 bridgehead atoms. The third kappa shape index (κ3) is 3.11. The van der Waals surface area contributed by atoms with Gasteiger partial charge in [0.05, 0.1) is 16.4 Å². The molecule has 1 unspecified atom stereocenters. The minimum absolute atomic E-state index is 0.0606. The number of phenols is 1. The Balaban J connectivity index is 1.87. The van der Waals surface area contributed by atoms with Crippen molar-refractivity contribution in [2.75, 3.05) is 5.01 Å². The van der Waals surface area contributed by atoms with E-state index in [4.69, 9.17) is 23.2 Å². The van der Waals surface area contributed by atoms with E-state index in [0.29, 0.717) is 16.4 Å². The molecule has 2 aromatic rings. The Kier molecular flexibility index (Phi) is 4.51. The number of para-hydroxylation sites is 1. The molecule has 1 aliphatic rings. The first-order valence-electron chi connectivity index (χ1n) is 7.00. The van der Waals surface area contributed by atoms with E-state index in [1.54, 1.807) is 19.1 Å². The predicted octanol–water partition coefficient (Wildman–Crippen LogP) is 4.57. The predicted molar refractivity (Wildman–Crippen MR) is 93.5 cm³/mol. The molecule has 2 aromatic carbocycles. The second kappa shape index (κ2) is 6.59. The second-order valence-corrected chi connectivity index (χ2v) is 5.94. The zero-order chi connectivity index (χ0) is 17.3. The standard InChI is InChI=1S/C16H12Cl2N4O2/c1-9-14(16(24)22(21-9)11-5-3-2-4-6-11)20-19-13-8-10(17)7-12(18)15(13)23/h2-8,14,23H,1H3. The molecule has 1 atom stereocenters. The monoisotopic (exact) mass is 362 g/mol. The maximum atomic E-state index is 12.5. The van der Waals surface area contributed by atoms with E-state index in [0.717, 1.165) is 0 Å². The van der Waals surface area contributed by atoms with Gasteiger partial charge in [0.1, 0.15) is 5.69 Å². The summed E-state index contributed by atoms with van der Waals surface area (Å²) in [6.07, 6.45) is 0. The highest BCUT2D eigenvalue weighted by Crippen LogP contribution is 2.37. The zero-order valence-corrected chi connectivity index (χ0v) is 14.0. The number of amides is 1. The topological polar surface area (TPSA) is 77.6 Å². The van der Waals surface area contributed by atoms with E-state index in [-0.39, 0.29) is 22.4 Å². The molecule has 0 saturated carbocycles. The quantitative estimate of drug-likeness (QED) is 0.811. The molecule has 0 aliphatic carbocycles. The van der Waals surface area contributed by atoms with Gasteiger partial charge in [0.25, 0.3) is 5.91 Å². The van der Waals surface area contributed by atoms with Crippen molar-refractivity contribution in [1.29, 1.82) is 0 Å². The van der Waals surface area contributed by atoms with Gasteiger partial charge in [0.15, 0.2) is 11.8 Å². The maximum absolute atomic E-state index is 12.5. The molecule has 1 aliphatic heterocycles. The average molecular weight is 363 g/mol. The van der Waals surface area contributed by atoms with E-state index in [2.05, 4.69) is 15.3 Å². The molecule has 0 saturated heterocycles. The lowest BCUT2D eigenvalue weighted by molar-refractivity contribution is -0.117. The van der Waals surface area contributed by atoms with Crippen LogP contribution in [0.1, 0.15) is 6.92 Å². The fraction of sp³-hybridized carbons (Fsp3) is 0.125. The Morgan fingerprint density at radius 2 is 1.92 bits per heavy atom. The summed E-state index contributed by atoms with van der Waals surface area (Å²) in [6.45, 7) is 1.69. The van der Waals surface area contributed by atoms with Crippen LogP contribution in [0.15, 0.2) is 57.8 Å². The molecule has 0 aromatic heterocycles. The van der Waals surface area contributed by atoms with Crippen LogP contribution in [0.5, 0.6) is 5.75 Å². The Hall–Kier alpha value is -2.44. The summed E-state index contributed by atoms with van der Waals surface area (Å²) >= 11 is 11.7. The summed E-state index contributed by atoms with van der Waals surface area (Å²) in [4.78, 5) is 12.5. The van der Waals surface area contributed by atoms with E-state index in [1.807, 2.05) is 18.2 Å². The number of phenolic OH excluding ortho intramolecular Hbond substituents is 1. The lowest BCUT2D eigenvalue weighted by atomic mass is 10.2. The van der Waals surface area contributed by atoms with Crippen LogP contribution in [-0.2, 0) is 4.79 Å². The molecular weight excluding hydrogens is 351 g/mol. The smallest absolute Gasteiger partial charge is 0.280 e. The Bertz CT molecular complexity index is 853. The van der Waals surface area contributed by atoms with Crippen LogP contribution >= 0.6 is 23.2 Å². The number of hydrogen-bond donors (Lipinski definition) is 1. The molecule has 8 heteroatoms. The summed E-state index contributed by atoms with van der Waals surface area (Å²) in [6, 6.07) is 11.0. The molecule has 6 nitrogen and oxygen atoms in total. The fourth-order valence-electron chi connectivity index (χ4n) is 2.19. The lowest BCUT2D eigenvalue weighted by Crippen LogP contribution is -2.29. The summed E-state index contributed by atoms with van der Waals surface area (Å²) in [7, 11) is 0. The Labute approximate surface area is 148 Å². The van der Waals surface area contributed by atoms with Crippen molar-refractivity contribution >= 4 is 46.2 Å². The highest BCUT2D eigenvalue weighted by molar-refractivity contribution is 6.36. The molecule has 1 heterocycles. The number of halogens is 2. The molecule has 0 radical (unpaired) electrons. The molecule has 122 valence electrons. The van der Waals surface area contributed by atoms with Crippen molar-refractivity contribution in [1.82, 2.24) is 0 Å². The summed E-state index contributed by atoms with van der Waals surface area (Å²) in [5.74, 6) is -0.570. The maximum Gasteiger partial charge on any atom is 0.280 e. The van der Waals surface area contributed by atoms with Gasteiger partial charge in [-0.05, 0) is 31.2 Å². The number of nitrogens with zero attached hydrogens (tertiary/aromatic N) is 4. The SMILES string of the molecule is CC1=NN(c2ccccc2)C(=O)C1N=Nc1cc(Cl)cc(Cl)c1O. The van der Waals surface area contributed by atoms with E-state index < -0.39 is 6.04 Å². The first kappa shape index (κ1) is 16.4. The number of carbonyl (C=O) groups excluding carboxylic acids is 1. The molecule has 1 amide bonds. The van der Waals surface area contributed by atoms with Gasteiger partial charge in [0, 0.05) is 5.02 Å². The zero-order valence-electron chi connectivity index (χ0n) is 12.5. The molecule has 24 heavy (non-hydrogen) atoms. The van der Waals surface area contributed by atoms with Gasteiger partial charge in [-0.15, -0.1) is 0 Å². The third-order valence-corrected chi connectivity index (χ3v) is 3.89. The number of carbonyl (C=O) groups is 1. The van der Waals surface area contributed by atoms with Gasteiger partial charge in [0.2, 0.25) is 0 Å². The average Bonchev–Trinajstić information content (AvgIpc) is 2.85. The van der Waals surface area contributed by atoms with Crippen LogP contribution in [0.3, 0.4) is 0 Å². The first-order valence-corrected chi connectivity index (χ1v) is 7.76. The number of aromatic hydroxyl groups is 1. The van der Waals surface area contributed by atoms with Crippen LogP contribution in [0.4, 0.5) is 11.4 Å². The second-order valence-electron chi connectivity index (χ2n) is 5.10. The number of benzene rings is 2. The van der Waals surface area contributed by atoms with Crippen LogP contribution in [0.2, 0.25) is 10.0 Å². The fourth-order valence-corrected chi connectivity index (χ4v) is 2.67. The van der Waals surface area contributed by atoms with Crippen LogP contribution < -0.4 is 5.01 Å². The van der Waals surface area contributed by atoms with E-state index in [1.165, 1.54) is 17.1 Å². The molecule has 3 rings (SSSR count). The Morgan fingerprint density at radius 1 is 1.21 bits per heavy atom. The van der Waals surface area contributed by atoms with Gasteiger partial charge >= 0.3 is 0 Å². The van der Waals surface area contributed by atoms with E-state index in [9.17, 15) is 9.90 Å². The summed E-state index contributed by atoms with van der Waals surface area (Å²) in [5, 5.41) is 23.7. The number of azo groups is 1. The lowest BCUT2D eigenvalue weighted by Gasteiger charge is -2.11. The van der Waals surface area contributed by atoms with Crippen LogP contribution in [0.25, 0.3) is 0 Å². The Morgan fingerprint density at radius 3 is 2.62 bits per heavy atom. The van der Waals surface area contributed by atoms with Gasteiger partial charge in [-0.3, -0.25) is 4.79 Å². The number of hydrogen-bond acceptors (Lipinski definition) is 5. The minimum atomic E-state index is -0.859. The van der Waals surface area contributed by atoms with Gasteiger partial charge < -0.3 is 5.11 Å². The van der Waals surface area contributed by atoms with E-state index >= 15 is 0 Å². The van der Waals surface area contributed by atoms with Crippen molar-refractivity contribution in [3.63, 3.8) is 0 Å². The normalized spacial score (nSPS) is 17.6. The van der Waals surface area contributed by atoms with Gasteiger partial charge in [-0.2, -0.15) is 20.3 Å². The number of hydrazone groups is 1. The number of anilines is 1. The minimum Gasteiger partial charge on any atom is -0.504 e. The molecule has 0 fully saturated rings. The highest BCUT2D eigenvalue weighted by atomic mass is 35.5. The van der Waals surface area contributed by atoms with Crippen molar-refractivity contribution in [2.45, 2.75) is 13.0 Å². The van der Waals surface area contributed by atoms with Crippen molar-refractivity contribution in [2.24, 2.45) is 15.3 Å². The molecule has 0 spiro atoms. The molecular formula is C16H12Cl2N4O2. The van der Waals surface area contributed by atoms with Crippen molar-refractivity contribution in [3.05, 3.63) is 52.5 Å². The molecule has 1 N–H and O–H groups in total. The van der Waals surface area contributed by atoms with Crippen LogP contribution in [0, 0.1) is 0 Å². The summed E-state index contributed by atoms with van der Waals surface area (Å²) in [5.41, 5.74) is 1.24. The highest BCUT2D eigenvalue weighted by Gasteiger charge is 2.34. The third-order valence-electron chi connectivity index (χ3n) is 3.39. The largest absolute Gasteiger partial charge is 0.504 e. The van der Waals surface area contributed by atoms with Gasteiger partial charge in [-0.25, -0.2) is 0 Å². The van der Waals surface area contributed by atoms with Crippen molar-refractivity contribution < 1.29 is 9.90 Å². The van der Waals surface area contributed by atoms with Crippen molar-refractivity contribution in [3.8, 4) is 5.75 Å². The number of rotatable bonds is 3. The van der Waals surface area contributed by atoms with Gasteiger partial charge in [-0.1, -0.05) is 41.4 Å². The first-order chi connectivity index (χ1) is 11.5. The van der Waals surface area contributed by atoms with Crippen LogP contribution in [-0.4, -0.2) is 22.8 Å².